The first-order valence-electron chi connectivity index (χ1n) is 9.59. The summed E-state index contributed by atoms with van der Waals surface area (Å²) in [5.41, 5.74) is -1.88. The fourth-order valence-corrected chi connectivity index (χ4v) is 7.21. The van der Waals surface area contributed by atoms with Crippen molar-refractivity contribution in [3.05, 3.63) is 12.2 Å². The van der Waals surface area contributed by atoms with Gasteiger partial charge in [0.1, 0.15) is 11.5 Å². The van der Waals surface area contributed by atoms with E-state index in [1.54, 1.807) is 0 Å². The Labute approximate surface area is 152 Å². The molecule has 0 aromatic rings. The first-order valence-corrected chi connectivity index (χ1v) is 9.59. The van der Waals surface area contributed by atoms with Crippen molar-refractivity contribution in [2.75, 3.05) is 6.61 Å². The minimum atomic E-state index is -1.18. The van der Waals surface area contributed by atoms with Gasteiger partial charge in [0, 0.05) is 17.8 Å². The second kappa shape index (κ2) is 4.78. The van der Waals surface area contributed by atoms with Crippen molar-refractivity contribution in [2.45, 2.75) is 58.0 Å². The lowest BCUT2D eigenvalue weighted by Crippen LogP contribution is -2.70. The molecule has 5 rings (SSSR count). The average Bonchev–Trinajstić information content (AvgIpc) is 3.03. The van der Waals surface area contributed by atoms with E-state index in [0.29, 0.717) is 18.4 Å². The Morgan fingerprint density at radius 2 is 1.92 bits per heavy atom. The van der Waals surface area contributed by atoms with Crippen molar-refractivity contribution < 1.29 is 29.3 Å². The van der Waals surface area contributed by atoms with Crippen molar-refractivity contribution in [2.24, 2.45) is 34.0 Å². The molecule has 3 saturated carbocycles. The summed E-state index contributed by atoms with van der Waals surface area (Å²) in [6.45, 7) is 8.08. The van der Waals surface area contributed by atoms with Crippen LogP contribution < -0.4 is 0 Å². The molecule has 0 radical (unpaired) electrons. The largest absolute Gasteiger partial charge is 0.461 e. The van der Waals surface area contributed by atoms with Gasteiger partial charge in [0.05, 0.1) is 12.7 Å². The van der Waals surface area contributed by atoms with Crippen molar-refractivity contribution in [1.82, 2.24) is 0 Å². The van der Waals surface area contributed by atoms with Crippen LogP contribution >= 0.6 is 0 Å². The minimum Gasteiger partial charge on any atom is -0.461 e. The Bertz CT molecular complexity index is 728. The van der Waals surface area contributed by atoms with E-state index in [-0.39, 0.29) is 24.2 Å². The highest BCUT2D eigenvalue weighted by atomic mass is 16.6. The number of carbonyl (C=O) groups excluding carboxylic acids is 2. The summed E-state index contributed by atoms with van der Waals surface area (Å²) in [4.78, 5) is 26.3. The Hall–Kier alpha value is -1.24. The predicted octanol–water partition coefficient (Wildman–Crippen LogP) is 1.20. The van der Waals surface area contributed by atoms with E-state index >= 15 is 0 Å². The normalized spacial score (nSPS) is 54.4. The molecule has 2 saturated heterocycles. The van der Waals surface area contributed by atoms with Crippen molar-refractivity contribution >= 4 is 11.8 Å². The van der Waals surface area contributed by atoms with Gasteiger partial charge in [-0.25, -0.2) is 0 Å². The number of aliphatic hydroxyl groups excluding tert-OH is 2. The van der Waals surface area contributed by atoms with E-state index < -0.39 is 46.6 Å². The van der Waals surface area contributed by atoms with Gasteiger partial charge in [0.25, 0.3) is 0 Å². The topological polar surface area (TPSA) is 93.1 Å². The van der Waals surface area contributed by atoms with E-state index in [0.717, 1.165) is 12.8 Å². The molecule has 142 valence electrons. The van der Waals surface area contributed by atoms with Crippen LogP contribution in [0.3, 0.4) is 0 Å². The standard InChI is InChI=1S/C20H26O6/c1-9-10-4-5-11-19(7-10,15(9)22)17(24)26-13-6-12(21)18(2,3)14-16(23)25-8-20(11,13)14/h10-14,16,21,23H,1,4-8H2,2-3H3/t10-,11-,12+,13-,14-,16-,19-,20+/m1/s1. The molecule has 2 N–H and O–H groups in total. The SMILES string of the molecule is C=C1C(=O)[C@@]23C[C@H]1CC[C@H]2[C@]12CO[C@@H](O)[C@@H]1C(C)(C)[C@@H](O)C[C@H]2OC3=O. The van der Waals surface area contributed by atoms with Gasteiger partial charge in [-0.15, -0.1) is 0 Å². The molecular formula is C20H26O6. The number of esters is 1. The maximum atomic E-state index is 13.2. The summed E-state index contributed by atoms with van der Waals surface area (Å²) < 4.78 is 11.6. The lowest BCUT2D eigenvalue weighted by molar-refractivity contribution is -0.253. The molecule has 2 bridgehead atoms. The molecule has 6 nitrogen and oxygen atoms in total. The molecule has 2 spiro atoms. The minimum absolute atomic E-state index is 0.0483. The van der Waals surface area contributed by atoms with Gasteiger partial charge in [-0.3, -0.25) is 9.59 Å². The second-order valence-electron chi connectivity index (χ2n) is 9.62. The monoisotopic (exact) mass is 362 g/mol. The fraction of sp³-hybridized carbons (Fsp3) is 0.800. The summed E-state index contributed by atoms with van der Waals surface area (Å²) in [5, 5.41) is 21.4. The number of rotatable bonds is 0. The van der Waals surface area contributed by atoms with Gasteiger partial charge in [-0.1, -0.05) is 20.4 Å². The number of ether oxygens (including phenoxy) is 2. The van der Waals surface area contributed by atoms with E-state index in [1.165, 1.54) is 0 Å². The number of aliphatic hydroxyl groups is 2. The zero-order valence-electron chi connectivity index (χ0n) is 15.2. The number of Topliss-reactive ketones (excluding diaryl/α,β-unsaturated/α-hetero) is 1. The Balaban J connectivity index is 1.72. The second-order valence-corrected chi connectivity index (χ2v) is 9.62. The molecule has 5 fully saturated rings. The van der Waals surface area contributed by atoms with Crippen LogP contribution in [-0.2, 0) is 19.1 Å². The van der Waals surface area contributed by atoms with Crippen LogP contribution in [-0.4, -0.2) is 47.1 Å². The van der Waals surface area contributed by atoms with E-state index in [1.807, 2.05) is 13.8 Å². The van der Waals surface area contributed by atoms with Gasteiger partial charge in [-0.05, 0) is 42.1 Å². The zero-order valence-corrected chi connectivity index (χ0v) is 15.2. The number of ketones is 1. The zero-order chi connectivity index (χ0) is 18.6. The van der Waals surface area contributed by atoms with Crippen LogP contribution in [0.2, 0.25) is 0 Å². The summed E-state index contributed by atoms with van der Waals surface area (Å²) in [6, 6.07) is 0. The first-order chi connectivity index (χ1) is 12.2. The molecule has 0 unspecified atom stereocenters. The van der Waals surface area contributed by atoms with Gasteiger partial charge in [-0.2, -0.15) is 0 Å². The predicted molar refractivity (Wildman–Crippen MR) is 89.6 cm³/mol. The Kier molecular flexibility index (Phi) is 3.10. The molecular weight excluding hydrogens is 336 g/mol. The number of hydrogen-bond donors (Lipinski definition) is 2. The highest BCUT2D eigenvalue weighted by molar-refractivity contribution is 6.15. The Morgan fingerprint density at radius 1 is 1.19 bits per heavy atom. The van der Waals surface area contributed by atoms with Gasteiger partial charge >= 0.3 is 5.97 Å². The summed E-state index contributed by atoms with van der Waals surface area (Å²) in [7, 11) is 0. The van der Waals surface area contributed by atoms with Crippen molar-refractivity contribution in [1.29, 1.82) is 0 Å². The molecule has 2 heterocycles. The Morgan fingerprint density at radius 3 is 2.65 bits per heavy atom. The lowest BCUT2D eigenvalue weighted by Gasteiger charge is -2.62. The first kappa shape index (κ1) is 16.9. The molecule has 26 heavy (non-hydrogen) atoms. The quantitative estimate of drug-likeness (QED) is 0.382. The third-order valence-corrected chi connectivity index (χ3v) is 8.48. The van der Waals surface area contributed by atoms with Gasteiger partial charge in [0.2, 0.25) is 0 Å². The third-order valence-electron chi connectivity index (χ3n) is 8.48. The van der Waals surface area contributed by atoms with E-state index in [9.17, 15) is 19.8 Å². The molecule has 3 aliphatic carbocycles. The molecule has 8 atom stereocenters. The highest BCUT2D eigenvalue weighted by Gasteiger charge is 2.78. The molecule has 0 aromatic carbocycles. The molecule has 0 aromatic heterocycles. The van der Waals surface area contributed by atoms with Crippen molar-refractivity contribution in [3.8, 4) is 0 Å². The van der Waals surface area contributed by atoms with E-state index in [2.05, 4.69) is 6.58 Å². The van der Waals surface area contributed by atoms with Crippen LogP contribution in [0.4, 0.5) is 0 Å². The smallest absolute Gasteiger partial charge is 0.320 e. The van der Waals surface area contributed by atoms with Crippen molar-refractivity contribution in [3.63, 3.8) is 0 Å². The van der Waals surface area contributed by atoms with Crippen LogP contribution in [0, 0.1) is 34.0 Å². The van der Waals surface area contributed by atoms with Crippen LogP contribution in [0.25, 0.3) is 0 Å². The van der Waals surface area contributed by atoms with Crippen LogP contribution in [0.5, 0.6) is 0 Å². The van der Waals surface area contributed by atoms with E-state index in [4.69, 9.17) is 9.47 Å². The number of hydrogen-bond acceptors (Lipinski definition) is 6. The maximum Gasteiger partial charge on any atom is 0.320 e. The maximum absolute atomic E-state index is 13.2. The summed E-state index contributed by atoms with van der Waals surface area (Å²) >= 11 is 0. The molecule has 0 amide bonds. The van der Waals surface area contributed by atoms with Crippen LogP contribution in [0.1, 0.15) is 39.5 Å². The fourth-order valence-electron chi connectivity index (χ4n) is 7.21. The summed E-state index contributed by atoms with van der Waals surface area (Å²) in [5.74, 6) is -1.22. The number of carbonyl (C=O) groups is 2. The number of fused-ring (bicyclic) bond motifs is 1. The third kappa shape index (κ3) is 1.57. The lowest BCUT2D eigenvalue weighted by atomic mass is 9.43. The molecule has 5 aliphatic rings. The van der Waals surface area contributed by atoms with Gasteiger partial charge in [0.15, 0.2) is 12.1 Å². The molecule has 6 heteroatoms. The van der Waals surface area contributed by atoms with Gasteiger partial charge < -0.3 is 19.7 Å². The molecule has 2 aliphatic heterocycles. The van der Waals surface area contributed by atoms with Crippen LogP contribution in [0.15, 0.2) is 12.2 Å². The number of allylic oxidation sites excluding steroid dienone is 1. The highest BCUT2D eigenvalue weighted by Crippen LogP contribution is 2.71. The average molecular weight is 362 g/mol. The summed E-state index contributed by atoms with van der Waals surface area (Å²) in [6.07, 6.45) is 0.0482.